The van der Waals surface area contributed by atoms with Gasteiger partial charge in [-0.3, -0.25) is 14.2 Å². The standard InChI is InChI=1S/C24H27N3O3/c1-16-7-6-8-19(15-16)27-22(25-21-10-5-4-9-20(21)24(27)29)17(2)26(13-14-30-3)23(28)18-11-12-18/h4-10,15,17-18H,11-14H2,1-3H3. The second-order valence-corrected chi connectivity index (χ2v) is 7.94. The maximum Gasteiger partial charge on any atom is 0.266 e. The Labute approximate surface area is 176 Å². The number of nitrogens with zero attached hydrogens (tertiary/aromatic N) is 3. The number of hydrogen-bond donors (Lipinski definition) is 0. The van der Waals surface area contributed by atoms with Gasteiger partial charge in [0, 0.05) is 19.6 Å². The first-order chi connectivity index (χ1) is 14.5. The summed E-state index contributed by atoms with van der Waals surface area (Å²) >= 11 is 0. The number of methoxy groups -OCH3 is 1. The van der Waals surface area contributed by atoms with Crippen molar-refractivity contribution in [3.8, 4) is 5.69 Å². The minimum atomic E-state index is -0.369. The van der Waals surface area contributed by atoms with E-state index in [1.54, 1.807) is 17.7 Å². The van der Waals surface area contributed by atoms with Gasteiger partial charge in [-0.1, -0.05) is 24.3 Å². The van der Waals surface area contributed by atoms with Gasteiger partial charge in [0.05, 0.1) is 29.2 Å². The molecule has 2 aromatic carbocycles. The van der Waals surface area contributed by atoms with Gasteiger partial charge in [0.2, 0.25) is 5.91 Å². The van der Waals surface area contributed by atoms with E-state index in [2.05, 4.69) is 0 Å². The minimum Gasteiger partial charge on any atom is -0.383 e. The van der Waals surface area contributed by atoms with Gasteiger partial charge in [0.1, 0.15) is 5.82 Å². The summed E-state index contributed by atoms with van der Waals surface area (Å²) in [6.45, 7) is 4.83. The molecule has 0 radical (unpaired) electrons. The average Bonchev–Trinajstić information content (AvgIpc) is 3.59. The highest BCUT2D eigenvalue weighted by molar-refractivity contribution is 5.82. The van der Waals surface area contributed by atoms with E-state index in [4.69, 9.17) is 9.72 Å². The summed E-state index contributed by atoms with van der Waals surface area (Å²) in [5, 5.41) is 0.562. The molecular weight excluding hydrogens is 378 g/mol. The van der Waals surface area contributed by atoms with E-state index in [-0.39, 0.29) is 23.4 Å². The highest BCUT2D eigenvalue weighted by Crippen LogP contribution is 2.34. The molecule has 1 aliphatic carbocycles. The summed E-state index contributed by atoms with van der Waals surface area (Å²) in [4.78, 5) is 33.2. The first-order valence-electron chi connectivity index (χ1n) is 10.4. The van der Waals surface area contributed by atoms with Gasteiger partial charge in [-0.05, 0) is 56.5 Å². The zero-order valence-corrected chi connectivity index (χ0v) is 17.7. The van der Waals surface area contributed by atoms with Crippen LogP contribution < -0.4 is 5.56 Å². The van der Waals surface area contributed by atoms with E-state index < -0.39 is 0 Å². The van der Waals surface area contributed by atoms with Crippen molar-refractivity contribution in [2.75, 3.05) is 20.3 Å². The van der Waals surface area contributed by atoms with Gasteiger partial charge in [-0.25, -0.2) is 4.98 Å². The number of fused-ring (bicyclic) bond motifs is 1. The number of carbonyl (C=O) groups is 1. The summed E-state index contributed by atoms with van der Waals surface area (Å²) in [7, 11) is 1.63. The highest BCUT2D eigenvalue weighted by atomic mass is 16.5. The third-order valence-corrected chi connectivity index (χ3v) is 5.65. The first kappa shape index (κ1) is 20.3. The van der Waals surface area contributed by atoms with E-state index in [0.717, 1.165) is 24.1 Å². The first-order valence-corrected chi connectivity index (χ1v) is 10.4. The monoisotopic (exact) mass is 405 g/mol. The summed E-state index contributed by atoms with van der Waals surface area (Å²) in [6, 6.07) is 14.8. The summed E-state index contributed by atoms with van der Waals surface area (Å²) < 4.78 is 6.90. The molecule has 0 aliphatic heterocycles. The zero-order chi connectivity index (χ0) is 21.3. The summed E-state index contributed by atoms with van der Waals surface area (Å²) in [5.74, 6) is 0.746. The molecule has 30 heavy (non-hydrogen) atoms. The molecular formula is C24H27N3O3. The van der Waals surface area contributed by atoms with Crippen molar-refractivity contribution in [1.82, 2.24) is 14.5 Å². The molecule has 1 aromatic heterocycles. The Kier molecular flexibility index (Phi) is 5.68. The van der Waals surface area contributed by atoms with E-state index in [1.807, 2.05) is 61.2 Å². The van der Waals surface area contributed by atoms with Gasteiger partial charge >= 0.3 is 0 Å². The van der Waals surface area contributed by atoms with Crippen LogP contribution in [0.25, 0.3) is 16.6 Å². The molecule has 3 aromatic rings. The largest absolute Gasteiger partial charge is 0.383 e. The average molecular weight is 405 g/mol. The third-order valence-electron chi connectivity index (χ3n) is 5.65. The van der Waals surface area contributed by atoms with Crippen molar-refractivity contribution in [2.45, 2.75) is 32.7 Å². The molecule has 1 fully saturated rings. The lowest BCUT2D eigenvalue weighted by atomic mass is 10.1. The maximum atomic E-state index is 13.5. The second kappa shape index (κ2) is 8.40. The predicted octanol–water partition coefficient (Wildman–Crippen LogP) is 3.64. The predicted molar refractivity (Wildman–Crippen MR) is 117 cm³/mol. The van der Waals surface area contributed by atoms with Gasteiger partial charge in [0.25, 0.3) is 5.56 Å². The lowest BCUT2D eigenvalue weighted by molar-refractivity contribution is -0.135. The normalized spacial score (nSPS) is 14.6. The molecule has 0 bridgehead atoms. The van der Waals surface area contributed by atoms with Crippen molar-refractivity contribution in [3.05, 3.63) is 70.3 Å². The third kappa shape index (κ3) is 3.87. The molecule has 1 aliphatic rings. The Morgan fingerprint density at radius 1 is 1.23 bits per heavy atom. The summed E-state index contributed by atoms with van der Waals surface area (Å²) in [6.07, 6.45) is 1.84. The fourth-order valence-electron chi connectivity index (χ4n) is 3.84. The fourth-order valence-corrected chi connectivity index (χ4v) is 3.84. The quantitative estimate of drug-likeness (QED) is 0.602. The SMILES string of the molecule is COCCN(C(=O)C1CC1)C(C)c1nc2ccccc2c(=O)n1-c1cccc(C)c1. The maximum absolute atomic E-state index is 13.5. The van der Waals surface area contributed by atoms with E-state index >= 15 is 0 Å². The molecule has 6 heteroatoms. The molecule has 1 saturated carbocycles. The smallest absolute Gasteiger partial charge is 0.266 e. The van der Waals surface area contributed by atoms with Gasteiger partial charge in [-0.2, -0.15) is 0 Å². The van der Waals surface area contributed by atoms with Crippen LogP contribution >= 0.6 is 0 Å². The topological polar surface area (TPSA) is 64.4 Å². The number of rotatable bonds is 7. The molecule has 4 rings (SSSR count). The molecule has 1 unspecified atom stereocenters. The zero-order valence-electron chi connectivity index (χ0n) is 17.7. The van der Waals surface area contributed by atoms with Crippen LogP contribution in [0.2, 0.25) is 0 Å². The number of aryl methyl sites for hydroxylation is 1. The Bertz CT molecular complexity index is 1130. The second-order valence-electron chi connectivity index (χ2n) is 7.94. The lowest BCUT2D eigenvalue weighted by Gasteiger charge is -2.30. The van der Waals surface area contributed by atoms with Crippen LogP contribution in [0.15, 0.2) is 53.3 Å². The molecule has 6 nitrogen and oxygen atoms in total. The van der Waals surface area contributed by atoms with E-state index in [0.29, 0.717) is 29.9 Å². The molecule has 1 heterocycles. The Morgan fingerprint density at radius 2 is 2.00 bits per heavy atom. The van der Waals surface area contributed by atoms with Crippen molar-refractivity contribution in [3.63, 3.8) is 0 Å². The molecule has 0 spiro atoms. The Hall–Kier alpha value is -2.99. The number of amides is 1. The van der Waals surface area contributed by atoms with E-state index in [1.165, 1.54) is 0 Å². The number of ether oxygens (including phenoxy) is 1. The Balaban J connectivity index is 1.90. The van der Waals surface area contributed by atoms with Crippen LogP contribution in [0.4, 0.5) is 0 Å². The van der Waals surface area contributed by atoms with Crippen molar-refractivity contribution >= 4 is 16.8 Å². The number of aromatic nitrogens is 2. The van der Waals surface area contributed by atoms with E-state index in [9.17, 15) is 9.59 Å². The van der Waals surface area contributed by atoms with Crippen LogP contribution in [-0.2, 0) is 9.53 Å². The molecule has 1 atom stereocenters. The fraction of sp³-hybridized carbons (Fsp3) is 0.375. The van der Waals surface area contributed by atoms with Gasteiger partial charge < -0.3 is 9.64 Å². The van der Waals surface area contributed by atoms with Gasteiger partial charge in [0.15, 0.2) is 0 Å². The van der Waals surface area contributed by atoms with Crippen LogP contribution in [0, 0.1) is 12.8 Å². The summed E-state index contributed by atoms with van der Waals surface area (Å²) in [5.41, 5.74) is 2.32. The Morgan fingerprint density at radius 3 is 2.70 bits per heavy atom. The number of benzene rings is 2. The van der Waals surface area contributed by atoms with Crippen molar-refractivity contribution < 1.29 is 9.53 Å². The number of hydrogen-bond acceptors (Lipinski definition) is 4. The van der Waals surface area contributed by atoms with Crippen LogP contribution in [0.3, 0.4) is 0 Å². The minimum absolute atomic E-state index is 0.0731. The number of carbonyl (C=O) groups excluding carboxylic acids is 1. The van der Waals surface area contributed by atoms with Crippen molar-refractivity contribution in [2.24, 2.45) is 5.92 Å². The molecule has 0 saturated heterocycles. The lowest BCUT2D eigenvalue weighted by Crippen LogP contribution is -2.40. The highest BCUT2D eigenvalue weighted by Gasteiger charge is 2.36. The van der Waals surface area contributed by atoms with Crippen molar-refractivity contribution in [1.29, 1.82) is 0 Å². The van der Waals surface area contributed by atoms with Gasteiger partial charge in [-0.15, -0.1) is 0 Å². The molecule has 156 valence electrons. The van der Waals surface area contributed by atoms with Crippen LogP contribution in [0.5, 0.6) is 0 Å². The van der Waals surface area contributed by atoms with Crippen LogP contribution in [0.1, 0.15) is 37.2 Å². The molecule has 1 amide bonds. The number of para-hydroxylation sites is 1. The van der Waals surface area contributed by atoms with Crippen LogP contribution in [-0.4, -0.2) is 40.6 Å². The molecule has 0 N–H and O–H groups in total.